The Bertz CT molecular complexity index is 533. The Morgan fingerprint density at radius 2 is 1.85 bits per heavy atom. The second-order valence-corrected chi connectivity index (χ2v) is 7.35. The van der Waals surface area contributed by atoms with Crippen molar-refractivity contribution in [1.82, 2.24) is 9.80 Å². The second kappa shape index (κ2) is 11.1. The molecule has 1 heterocycles. The molecule has 1 aromatic carbocycles. The number of β-amino-alcohol motifs (C(OH)–C–C–N with tert-alkyl or cyclic N) is 1. The summed E-state index contributed by atoms with van der Waals surface area (Å²) in [5, 5.41) is 9.48. The van der Waals surface area contributed by atoms with Gasteiger partial charge in [0.2, 0.25) is 5.91 Å². The molecule has 0 aromatic heterocycles. The summed E-state index contributed by atoms with van der Waals surface area (Å²) in [6, 6.07) is 9.55. The Morgan fingerprint density at radius 3 is 2.35 bits per heavy atom. The molecule has 0 aliphatic carbocycles. The fourth-order valence-electron chi connectivity index (χ4n) is 3.50. The van der Waals surface area contributed by atoms with Gasteiger partial charge in [-0.15, -0.1) is 24.8 Å². The van der Waals surface area contributed by atoms with E-state index < -0.39 is 5.54 Å². The predicted molar refractivity (Wildman–Crippen MR) is 111 cm³/mol. The Kier molecular flexibility index (Phi) is 10.7. The molecule has 1 aliphatic heterocycles. The van der Waals surface area contributed by atoms with Gasteiger partial charge in [0.05, 0.1) is 6.10 Å². The maximum atomic E-state index is 12.8. The lowest BCUT2D eigenvalue weighted by Crippen LogP contribution is -2.51. The highest BCUT2D eigenvalue weighted by Crippen LogP contribution is 2.23. The summed E-state index contributed by atoms with van der Waals surface area (Å²) < 4.78 is 0. The molecule has 0 saturated carbocycles. The molecule has 0 bridgehead atoms. The van der Waals surface area contributed by atoms with Crippen molar-refractivity contribution in [3.8, 4) is 0 Å². The zero-order valence-corrected chi connectivity index (χ0v) is 17.6. The number of aliphatic hydroxyl groups is 1. The van der Waals surface area contributed by atoms with Crippen molar-refractivity contribution in [1.29, 1.82) is 0 Å². The van der Waals surface area contributed by atoms with Crippen LogP contribution in [0.3, 0.4) is 0 Å². The minimum Gasteiger partial charge on any atom is -0.392 e. The van der Waals surface area contributed by atoms with Crippen LogP contribution in [0.25, 0.3) is 0 Å². The predicted octanol–water partition coefficient (Wildman–Crippen LogP) is 2.26. The number of aliphatic hydroxyl groups excluding tert-OH is 1. The summed E-state index contributed by atoms with van der Waals surface area (Å²) in [6.45, 7) is 7.04. The summed E-state index contributed by atoms with van der Waals surface area (Å²) in [6.07, 6.45) is 1.82. The van der Waals surface area contributed by atoms with E-state index in [-0.39, 0.29) is 36.8 Å². The molecular weight excluding hydrogens is 373 g/mol. The first-order chi connectivity index (χ1) is 11.3. The molecule has 26 heavy (non-hydrogen) atoms. The van der Waals surface area contributed by atoms with Gasteiger partial charge in [0, 0.05) is 20.1 Å². The van der Waals surface area contributed by atoms with E-state index in [1.807, 2.05) is 44.3 Å². The van der Waals surface area contributed by atoms with Gasteiger partial charge in [0.15, 0.2) is 0 Å². The van der Waals surface area contributed by atoms with Crippen molar-refractivity contribution in [2.45, 2.75) is 38.3 Å². The molecule has 1 saturated heterocycles. The van der Waals surface area contributed by atoms with E-state index in [4.69, 9.17) is 5.73 Å². The van der Waals surface area contributed by atoms with E-state index in [1.54, 1.807) is 11.8 Å². The number of benzene rings is 1. The lowest BCUT2D eigenvalue weighted by molar-refractivity contribution is -0.136. The number of amides is 1. The van der Waals surface area contributed by atoms with Gasteiger partial charge in [-0.2, -0.15) is 0 Å². The normalized spacial score (nSPS) is 18.8. The second-order valence-electron chi connectivity index (χ2n) is 7.35. The Balaban J connectivity index is 0.00000312. The summed E-state index contributed by atoms with van der Waals surface area (Å²) in [4.78, 5) is 16.9. The van der Waals surface area contributed by atoms with E-state index in [1.165, 1.54) is 0 Å². The average Bonchev–Trinajstić information content (AvgIpc) is 2.56. The van der Waals surface area contributed by atoms with Crippen LogP contribution < -0.4 is 5.73 Å². The zero-order chi connectivity index (χ0) is 17.7. The van der Waals surface area contributed by atoms with Gasteiger partial charge in [0.1, 0.15) is 5.54 Å². The van der Waals surface area contributed by atoms with Crippen molar-refractivity contribution in [3.05, 3.63) is 35.9 Å². The van der Waals surface area contributed by atoms with Gasteiger partial charge in [-0.3, -0.25) is 4.79 Å². The third kappa shape index (κ3) is 6.71. The third-order valence-electron chi connectivity index (χ3n) is 4.93. The van der Waals surface area contributed by atoms with Crippen molar-refractivity contribution < 1.29 is 9.90 Å². The molecule has 7 heteroatoms. The van der Waals surface area contributed by atoms with Crippen LogP contribution in [-0.4, -0.2) is 60.1 Å². The number of hydrogen-bond donors (Lipinski definition) is 2. The Hall–Kier alpha value is -0.850. The average molecular weight is 406 g/mol. The first-order valence-electron chi connectivity index (χ1n) is 8.81. The molecule has 2 unspecified atom stereocenters. The summed E-state index contributed by atoms with van der Waals surface area (Å²) in [5.41, 5.74) is 6.18. The molecule has 1 aliphatic rings. The number of rotatable bonds is 6. The molecule has 0 spiro atoms. The number of nitrogens with zero attached hydrogens (tertiary/aromatic N) is 2. The number of piperidine rings is 1. The van der Waals surface area contributed by atoms with Gasteiger partial charge in [-0.25, -0.2) is 0 Å². The van der Waals surface area contributed by atoms with Crippen LogP contribution in [0.2, 0.25) is 0 Å². The van der Waals surface area contributed by atoms with Gasteiger partial charge < -0.3 is 20.6 Å². The molecule has 1 fully saturated rings. The van der Waals surface area contributed by atoms with Crippen molar-refractivity contribution in [2.75, 3.05) is 33.2 Å². The minimum atomic E-state index is -0.997. The van der Waals surface area contributed by atoms with E-state index >= 15 is 0 Å². The topological polar surface area (TPSA) is 69.8 Å². The van der Waals surface area contributed by atoms with Crippen LogP contribution in [0.5, 0.6) is 0 Å². The van der Waals surface area contributed by atoms with Crippen LogP contribution in [0.15, 0.2) is 30.3 Å². The molecule has 1 amide bonds. The fraction of sp³-hybridized carbons (Fsp3) is 0.632. The van der Waals surface area contributed by atoms with Crippen LogP contribution in [0.4, 0.5) is 0 Å². The van der Waals surface area contributed by atoms with E-state index in [0.29, 0.717) is 5.92 Å². The monoisotopic (exact) mass is 405 g/mol. The lowest BCUT2D eigenvalue weighted by Gasteiger charge is -2.36. The Morgan fingerprint density at radius 1 is 1.31 bits per heavy atom. The number of carbonyl (C=O) groups is 1. The number of carbonyl (C=O) groups excluding carboxylic acids is 1. The van der Waals surface area contributed by atoms with Gasteiger partial charge in [0.25, 0.3) is 0 Å². The highest BCUT2D eigenvalue weighted by atomic mass is 35.5. The van der Waals surface area contributed by atoms with Crippen LogP contribution in [0, 0.1) is 5.92 Å². The SMILES string of the molecule is CC(O)CN1CCC(CN(C)C(=O)C(C)(N)c2ccccc2)CC1.Cl.Cl. The van der Waals surface area contributed by atoms with E-state index in [9.17, 15) is 9.90 Å². The fourth-order valence-corrected chi connectivity index (χ4v) is 3.50. The quantitative estimate of drug-likeness (QED) is 0.761. The smallest absolute Gasteiger partial charge is 0.246 e. The molecule has 2 rings (SSSR count). The highest BCUT2D eigenvalue weighted by Gasteiger charge is 2.34. The van der Waals surface area contributed by atoms with Gasteiger partial charge in [-0.05, 0) is 51.3 Å². The molecule has 2 atom stereocenters. The largest absolute Gasteiger partial charge is 0.392 e. The summed E-state index contributed by atoms with van der Waals surface area (Å²) in [7, 11) is 1.85. The Labute approximate surface area is 169 Å². The minimum absolute atomic E-state index is 0. The molecular formula is C19H33Cl2N3O2. The van der Waals surface area contributed by atoms with E-state index in [0.717, 1.165) is 44.6 Å². The molecule has 5 nitrogen and oxygen atoms in total. The van der Waals surface area contributed by atoms with Crippen molar-refractivity contribution in [2.24, 2.45) is 11.7 Å². The van der Waals surface area contributed by atoms with E-state index in [2.05, 4.69) is 4.90 Å². The highest BCUT2D eigenvalue weighted by molar-refractivity contribution is 5.87. The van der Waals surface area contributed by atoms with Crippen molar-refractivity contribution >= 4 is 30.7 Å². The summed E-state index contributed by atoms with van der Waals surface area (Å²) >= 11 is 0. The number of likely N-dealkylation sites (tertiary alicyclic amines) is 1. The lowest BCUT2D eigenvalue weighted by atomic mass is 9.90. The van der Waals surface area contributed by atoms with Crippen molar-refractivity contribution in [3.63, 3.8) is 0 Å². The maximum absolute atomic E-state index is 12.8. The first-order valence-corrected chi connectivity index (χ1v) is 8.81. The molecule has 1 aromatic rings. The summed E-state index contributed by atoms with van der Waals surface area (Å²) in [5.74, 6) is 0.455. The van der Waals surface area contributed by atoms with Crippen LogP contribution >= 0.6 is 24.8 Å². The molecule has 3 N–H and O–H groups in total. The van der Waals surface area contributed by atoms with Crippen LogP contribution in [0.1, 0.15) is 32.3 Å². The standard InChI is InChI=1S/C19H31N3O2.2ClH/c1-15(23)13-22-11-9-16(10-12-22)14-21(3)18(24)19(2,20)17-7-5-4-6-8-17;;/h4-8,15-16,23H,9-14,20H2,1-3H3;2*1H. The van der Waals surface area contributed by atoms with Gasteiger partial charge >= 0.3 is 0 Å². The van der Waals surface area contributed by atoms with Gasteiger partial charge in [-0.1, -0.05) is 30.3 Å². The third-order valence-corrected chi connectivity index (χ3v) is 4.93. The number of likely N-dealkylation sites (N-methyl/N-ethyl adjacent to an activating group) is 1. The number of halogens is 2. The first kappa shape index (κ1) is 25.1. The number of nitrogens with two attached hydrogens (primary N) is 1. The number of hydrogen-bond acceptors (Lipinski definition) is 4. The zero-order valence-electron chi connectivity index (χ0n) is 15.9. The van der Waals surface area contributed by atoms with Crippen LogP contribution in [-0.2, 0) is 10.3 Å². The molecule has 150 valence electrons. The maximum Gasteiger partial charge on any atom is 0.246 e. The molecule has 0 radical (unpaired) electrons.